The number of aliphatic hydroxyl groups is 1. The second kappa shape index (κ2) is 5.72. The summed E-state index contributed by atoms with van der Waals surface area (Å²) in [5.41, 5.74) is 3.46. The lowest BCUT2D eigenvalue weighted by atomic mass is 10.1. The molecule has 1 aromatic carbocycles. The molecule has 2 rings (SSSR count). The molecule has 18 heavy (non-hydrogen) atoms. The van der Waals surface area contributed by atoms with Gasteiger partial charge in [-0.15, -0.1) is 0 Å². The average Bonchev–Trinajstić information content (AvgIpc) is 2.38. The predicted octanol–water partition coefficient (Wildman–Crippen LogP) is 2.02. The minimum absolute atomic E-state index is 0.126. The molecule has 1 heterocycles. The Kier molecular flexibility index (Phi) is 4.25. The van der Waals surface area contributed by atoms with E-state index in [1.54, 1.807) is 0 Å². The molecule has 0 radical (unpaired) electrons. The fourth-order valence-electron chi connectivity index (χ4n) is 2.63. The summed E-state index contributed by atoms with van der Waals surface area (Å²) >= 11 is 0. The molecule has 0 atom stereocenters. The maximum absolute atomic E-state index is 9.48. The summed E-state index contributed by atoms with van der Waals surface area (Å²) < 4.78 is 0. The van der Waals surface area contributed by atoms with Gasteiger partial charge in [-0.1, -0.05) is 17.7 Å². The summed E-state index contributed by atoms with van der Waals surface area (Å²) in [5.74, 6) is 0. The summed E-state index contributed by atoms with van der Waals surface area (Å²) in [6.45, 7) is 11.0. The highest BCUT2D eigenvalue weighted by molar-refractivity contribution is 5.55. The number of hydrogen-bond donors (Lipinski definition) is 1. The van der Waals surface area contributed by atoms with Gasteiger partial charge in [-0.25, -0.2) is 0 Å². The molecule has 3 heteroatoms. The Balaban J connectivity index is 2.09. The van der Waals surface area contributed by atoms with Gasteiger partial charge in [0.2, 0.25) is 0 Å². The Bertz CT molecular complexity index is 395. The normalized spacial score (nSPS) is 17.5. The molecule has 0 unspecified atom stereocenters. The zero-order valence-electron chi connectivity index (χ0n) is 11.7. The van der Waals surface area contributed by atoms with Crippen molar-refractivity contribution >= 4 is 5.69 Å². The van der Waals surface area contributed by atoms with Crippen LogP contribution in [0.15, 0.2) is 18.2 Å². The highest BCUT2D eigenvalue weighted by atomic mass is 16.3. The Hall–Kier alpha value is -1.06. The molecule has 0 saturated carbocycles. The van der Waals surface area contributed by atoms with Gasteiger partial charge in [0.05, 0.1) is 6.61 Å². The van der Waals surface area contributed by atoms with E-state index in [0.717, 1.165) is 31.7 Å². The number of aliphatic hydroxyl groups excluding tert-OH is 1. The van der Waals surface area contributed by atoms with E-state index in [-0.39, 0.29) is 6.61 Å². The van der Waals surface area contributed by atoms with E-state index in [2.05, 4.69) is 48.8 Å². The van der Waals surface area contributed by atoms with Gasteiger partial charge in [-0.3, -0.25) is 4.90 Å². The van der Waals surface area contributed by atoms with E-state index in [0.29, 0.717) is 6.04 Å². The molecule has 1 aliphatic heterocycles. The van der Waals surface area contributed by atoms with E-state index in [4.69, 9.17) is 0 Å². The third kappa shape index (κ3) is 2.85. The highest BCUT2D eigenvalue weighted by Crippen LogP contribution is 2.23. The van der Waals surface area contributed by atoms with Crippen LogP contribution in [0, 0.1) is 6.92 Å². The summed E-state index contributed by atoms with van der Waals surface area (Å²) in [5, 5.41) is 9.48. The second-order valence-corrected chi connectivity index (χ2v) is 5.41. The molecule has 0 aromatic heterocycles. The third-order valence-electron chi connectivity index (χ3n) is 3.79. The molecule has 0 aliphatic carbocycles. The first-order chi connectivity index (χ1) is 8.61. The van der Waals surface area contributed by atoms with Crippen molar-refractivity contribution in [2.75, 3.05) is 31.1 Å². The summed E-state index contributed by atoms with van der Waals surface area (Å²) in [6.07, 6.45) is 0. The second-order valence-electron chi connectivity index (χ2n) is 5.41. The van der Waals surface area contributed by atoms with Gasteiger partial charge in [-0.05, 0) is 26.8 Å². The average molecular weight is 248 g/mol. The summed E-state index contributed by atoms with van der Waals surface area (Å²) in [6, 6.07) is 6.99. The molecule has 1 aliphatic rings. The first kappa shape index (κ1) is 13.4. The van der Waals surface area contributed by atoms with Crippen molar-refractivity contribution < 1.29 is 5.11 Å². The van der Waals surface area contributed by atoms with Crippen LogP contribution in [0.3, 0.4) is 0 Å². The van der Waals surface area contributed by atoms with Gasteiger partial charge in [0, 0.05) is 43.5 Å². The molecule has 0 spiro atoms. The number of rotatable bonds is 3. The van der Waals surface area contributed by atoms with Crippen molar-refractivity contribution in [1.82, 2.24) is 4.90 Å². The minimum atomic E-state index is 0.126. The Morgan fingerprint density at radius 2 is 1.83 bits per heavy atom. The van der Waals surface area contributed by atoms with Crippen LogP contribution in [-0.4, -0.2) is 42.2 Å². The molecule has 3 nitrogen and oxygen atoms in total. The van der Waals surface area contributed by atoms with Crippen molar-refractivity contribution in [2.24, 2.45) is 0 Å². The van der Waals surface area contributed by atoms with Crippen LogP contribution in [-0.2, 0) is 6.61 Å². The van der Waals surface area contributed by atoms with Gasteiger partial charge in [0.25, 0.3) is 0 Å². The van der Waals surface area contributed by atoms with E-state index in [9.17, 15) is 5.11 Å². The van der Waals surface area contributed by atoms with Crippen LogP contribution >= 0.6 is 0 Å². The first-order valence-electron chi connectivity index (χ1n) is 6.81. The number of nitrogens with zero attached hydrogens (tertiary/aromatic N) is 2. The summed E-state index contributed by atoms with van der Waals surface area (Å²) in [4.78, 5) is 4.90. The first-order valence-corrected chi connectivity index (χ1v) is 6.81. The number of hydrogen-bond acceptors (Lipinski definition) is 3. The van der Waals surface area contributed by atoms with Crippen LogP contribution in [0.1, 0.15) is 25.0 Å². The predicted molar refractivity (Wildman–Crippen MR) is 76.0 cm³/mol. The van der Waals surface area contributed by atoms with Gasteiger partial charge in [0.1, 0.15) is 0 Å². The highest BCUT2D eigenvalue weighted by Gasteiger charge is 2.20. The summed E-state index contributed by atoms with van der Waals surface area (Å²) in [7, 11) is 0. The Morgan fingerprint density at radius 3 is 2.39 bits per heavy atom. The largest absolute Gasteiger partial charge is 0.392 e. The smallest absolute Gasteiger partial charge is 0.0702 e. The van der Waals surface area contributed by atoms with Crippen LogP contribution in [0.5, 0.6) is 0 Å². The number of piperazine rings is 1. The van der Waals surface area contributed by atoms with Gasteiger partial charge in [-0.2, -0.15) is 0 Å². The minimum Gasteiger partial charge on any atom is -0.392 e. The zero-order valence-corrected chi connectivity index (χ0v) is 11.7. The van der Waals surface area contributed by atoms with Crippen molar-refractivity contribution in [3.05, 3.63) is 29.3 Å². The number of anilines is 1. The van der Waals surface area contributed by atoms with Crippen molar-refractivity contribution in [3.8, 4) is 0 Å². The topological polar surface area (TPSA) is 26.7 Å². The van der Waals surface area contributed by atoms with E-state index >= 15 is 0 Å². The van der Waals surface area contributed by atoms with E-state index in [1.165, 1.54) is 11.3 Å². The third-order valence-corrected chi connectivity index (χ3v) is 3.79. The number of aryl methyl sites for hydroxylation is 1. The molecule has 1 aromatic rings. The molecule has 0 bridgehead atoms. The molecular weight excluding hydrogens is 224 g/mol. The lowest BCUT2D eigenvalue weighted by Crippen LogP contribution is -2.49. The lowest BCUT2D eigenvalue weighted by molar-refractivity contribution is 0.209. The number of benzene rings is 1. The van der Waals surface area contributed by atoms with Gasteiger partial charge in [0.15, 0.2) is 0 Å². The Morgan fingerprint density at radius 1 is 1.17 bits per heavy atom. The SMILES string of the molecule is Cc1ccc(N2CCN(C(C)C)CC2)c(CO)c1. The fourth-order valence-corrected chi connectivity index (χ4v) is 2.63. The fraction of sp³-hybridized carbons (Fsp3) is 0.600. The standard InChI is InChI=1S/C15H24N2O/c1-12(2)16-6-8-17(9-7-16)15-5-4-13(3)10-14(15)11-18/h4-5,10,12,18H,6-9,11H2,1-3H3. The van der Waals surface area contributed by atoms with E-state index in [1.807, 2.05) is 0 Å². The molecule has 1 saturated heterocycles. The van der Waals surface area contributed by atoms with Crippen LogP contribution < -0.4 is 4.90 Å². The van der Waals surface area contributed by atoms with Gasteiger partial charge < -0.3 is 10.0 Å². The van der Waals surface area contributed by atoms with Crippen LogP contribution in [0.2, 0.25) is 0 Å². The maximum atomic E-state index is 9.48. The molecule has 0 amide bonds. The molecular formula is C15H24N2O. The Labute approximate surface area is 110 Å². The van der Waals surface area contributed by atoms with E-state index < -0.39 is 0 Å². The van der Waals surface area contributed by atoms with Crippen LogP contribution in [0.4, 0.5) is 5.69 Å². The molecule has 1 N–H and O–H groups in total. The van der Waals surface area contributed by atoms with Crippen molar-refractivity contribution in [1.29, 1.82) is 0 Å². The molecule has 1 fully saturated rings. The van der Waals surface area contributed by atoms with Crippen LogP contribution in [0.25, 0.3) is 0 Å². The van der Waals surface area contributed by atoms with Crippen molar-refractivity contribution in [2.45, 2.75) is 33.4 Å². The lowest BCUT2D eigenvalue weighted by Gasteiger charge is -2.38. The van der Waals surface area contributed by atoms with Gasteiger partial charge >= 0.3 is 0 Å². The monoisotopic (exact) mass is 248 g/mol. The quantitative estimate of drug-likeness (QED) is 0.886. The zero-order chi connectivity index (χ0) is 13.1. The van der Waals surface area contributed by atoms with Crippen molar-refractivity contribution in [3.63, 3.8) is 0 Å². The molecule has 100 valence electrons. The maximum Gasteiger partial charge on any atom is 0.0702 e.